The van der Waals surface area contributed by atoms with Crippen LogP contribution in [-0.4, -0.2) is 20.4 Å². The lowest BCUT2D eigenvalue weighted by atomic mass is 10.2. The van der Waals surface area contributed by atoms with E-state index in [1.54, 1.807) is 11.3 Å². The Morgan fingerprint density at radius 3 is 2.95 bits per heavy atom. The molecule has 0 unspecified atom stereocenters. The Morgan fingerprint density at radius 1 is 1.37 bits per heavy atom. The van der Waals surface area contributed by atoms with Gasteiger partial charge in [-0.25, -0.2) is 0 Å². The Morgan fingerprint density at radius 2 is 2.26 bits per heavy atom. The molecular weight excluding hydrogens is 262 g/mol. The average Bonchev–Trinajstić information content (AvgIpc) is 3.10. The molecule has 0 amide bonds. The number of rotatable bonds is 4. The maximum atomic E-state index is 5.55. The molecular formula is C12H13N5OS. The number of nitrogens with one attached hydrogen (secondary N) is 2. The fourth-order valence-electron chi connectivity index (χ4n) is 1.79. The summed E-state index contributed by atoms with van der Waals surface area (Å²) in [5.74, 6) is 0.540. The first-order valence-corrected chi connectivity index (χ1v) is 6.73. The van der Waals surface area contributed by atoms with E-state index < -0.39 is 0 Å². The smallest absolute Gasteiger partial charge is 0.316 e. The largest absolute Gasteiger partial charge is 0.403 e. The van der Waals surface area contributed by atoms with Gasteiger partial charge in [-0.3, -0.25) is 5.10 Å². The van der Waals surface area contributed by atoms with E-state index in [0.29, 0.717) is 18.5 Å². The molecule has 0 aromatic carbocycles. The maximum absolute atomic E-state index is 5.55. The van der Waals surface area contributed by atoms with E-state index in [-0.39, 0.29) is 0 Å². The number of anilines is 1. The van der Waals surface area contributed by atoms with Gasteiger partial charge < -0.3 is 9.73 Å². The molecule has 0 saturated heterocycles. The monoisotopic (exact) mass is 275 g/mol. The number of aromatic nitrogens is 4. The standard InChI is InChI=1S/C12H13N5OS/c1-7-9(8(2)15-14-7)6-13-12-17-16-11(18-12)10-4-3-5-19-10/h3-5H,6H2,1-2H3,(H,13,17)(H,14,15). The molecule has 0 bridgehead atoms. The van der Waals surface area contributed by atoms with Crippen molar-refractivity contribution in [1.82, 2.24) is 20.4 Å². The van der Waals surface area contributed by atoms with E-state index in [1.807, 2.05) is 31.4 Å². The zero-order chi connectivity index (χ0) is 13.2. The number of nitrogens with zero attached hydrogens (tertiary/aromatic N) is 3. The second kappa shape index (κ2) is 4.85. The van der Waals surface area contributed by atoms with E-state index in [4.69, 9.17) is 4.42 Å². The first-order valence-electron chi connectivity index (χ1n) is 5.85. The van der Waals surface area contributed by atoms with Crippen LogP contribution in [0.2, 0.25) is 0 Å². The molecule has 98 valence electrons. The third-order valence-electron chi connectivity index (χ3n) is 2.85. The Hall–Kier alpha value is -2.15. The van der Waals surface area contributed by atoms with Gasteiger partial charge in [0.25, 0.3) is 5.89 Å². The Balaban J connectivity index is 1.71. The van der Waals surface area contributed by atoms with Gasteiger partial charge in [-0.2, -0.15) is 5.10 Å². The number of hydrogen-bond acceptors (Lipinski definition) is 6. The predicted molar refractivity (Wildman–Crippen MR) is 73.0 cm³/mol. The molecule has 0 aliphatic carbocycles. The van der Waals surface area contributed by atoms with Gasteiger partial charge in [0, 0.05) is 17.8 Å². The highest BCUT2D eigenvalue weighted by atomic mass is 32.1. The second-order valence-corrected chi connectivity index (χ2v) is 5.10. The highest BCUT2D eigenvalue weighted by Crippen LogP contribution is 2.24. The lowest BCUT2D eigenvalue weighted by molar-refractivity contribution is 0.582. The first kappa shape index (κ1) is 11.9. The molecule has 0 saturated carbocycles. The number of aryl methyl sites for hydroxylation is 2. The van der Waals surface area contributed by atoms with E-state index in [1.165, 1.54) is 0 Å². The normalized spacial score (nSPS) is 10.8. The molecule has 0 fully saturated rings. The third kappa shape index (κ3) is 2.37. The van der Waals surface area contributed by atoms with E-state index >= 15 is 0 Å². The van der Waals surface area contributed by atoms with Gasteiger partial charge in [0.05, 0.1) is 10.6 Å². The lowest BCUT2D eigenvalue weighted by Gasteiger charge is -2.00. The maximum Gasteiger partial charge on any atom is 0.316 e. The van der Waals surface area contributed by atoms with Gasteiger partial charge in [0.15, 0.2) is 0 Å². The van der Waals surface area contributed by atoms with Crippen LogP contribution < -0.4 is 5.32 Å². The molecule has 0 radical (unpaired) electrons. The second-order valence-electron chi connectivity index (χ2n) is 4.16. The van der Waals surface area contributed by atoms with Gasteiger partial charge in [0.2, 0.25) is 0 Å². The van der Waals surface area contributed by atoms with Gasteiger partial charge >= 0.3 is 6.01 Å². The summed E-state index contributed by atoms with van der Waals surface area (Å²) in [5, 5.41) is 20.2. The molecule has 3 heterocycles. The van der Waals surface area contributed by atoms with Crippen LogP contribution in [0.1, 0.15) is 17.0 Å². The summed E-state index contributed by atoms with van der Waals surface area (Å²) in [4.78, 5) is 0.969. The van der Waals surface area contributed by atoms with Gasteiger partial charge in [-0.15, -0.1) is 16.4 Å². The first-order chi connectivity index (χ1) is 9.24. The van der Waals surface area contributed by atoms with Crippen molar-refractivity contribution in [2.45, 2.75) is 20.4 Å². The van der Waals surface area contributed by atoms with Crippen molar-refractivity contribution in [2.75, 3.05) is 5.32 Å². The van der Waals surface area contributed by atoms with Crippen molar-refractivity contribution >= 4 is 17.4 Å². The van der Waals surface area contributed by atoms with E-state index in [2.05, 4.69) is 25.7 Å². The van der Waals surface area contributed by atoms with Gasteiger partial charge in [0.1, 0.15) is 0 Å². The van der Waals surface area contributed by atoms with E-state index in [9.17, 15) is 0 Å². The molecule has 3 rings (SSSR count). The highest BCUT2D eigenvalue weighted by Gasteiger charge is 2.11. The van der Waals surface area contributed by atoms with Crippen LogP contribution in [0.5, 0.6) is 0 Å². The van der Waals surface area contributed by atoms with Gasteiger partial charge in [-0.1, -0.05) is 11.2 Å². The predicted octanol–water partition coefficient (Wildman–Crippen LogP) is 2.75. The van der Waals surface area contributed by atoms with Crippen molar-refractivity contribution < 1.29 is 4.42 Å². The quantitative estimate of drug-likeness (QED) is 0.765. The van der Waals surface area contributed by atoms with Crippen LogP contribution >= 0.6 is 11.3 Å². The topological polar surface area (TPSA) is 79.6 Å². The molecule has 3 aromatic rings. The summed E-state index contributed by atoms with van der Waals surface area (Å²) in [6.45, 7) is 4.56. The number of hydrogen-bond donors (Lipinski definition) is 2. The van der Waals surface area contributed by atoms with Crippen LogP contribution in [0.4, 0.5) is 6.01 Å². The minimum atomic E-state index is 0.420. The fourth-order valence-corrected chi connectivity index (χ4v) is 2.44. The summed E-state index contributed by atoms with van der Waals surface area (Å²) in [6.07, 6.45) is 0. The highest BCUT2D eigenvalue weighted by molar-refractivity contribution is 7.13. The molecule has 2 N–H and O–H groups in total. The van der Waals surface area contributed by atoms with Crippen LogP contribution in [0.15, 0.2) is 21.9 Å². The Kier molecular flexibility index (Phi) is 3.04. The van der Waals surface area contributed by atoms with E-state index in [0.717, 1.165) is 21.8 Å². The summed E-state index contributed by atoms with van der Waals surface area (Å²) in [5.41, 5.74) is 3.14. The van der Waals surface area contributed by atoms with Crippen LogP contribution in [0.25, 0.3) is 10.8 Å². The van der Waals surface area contributed by atoms with Crippen molar-refractivity contribution in [1.29, 1.82) is 0 Å². The number of aromatic amines is 1. The average molecular weight is 275 g/mol. The van der Waals surface area contributed by atoms with Crippen LogP contribution in [0.3, 0.4) is 0 Å². The molecule has 0 aliphatic rings. The number of thiophene rings is 1. The molecule has 0 atom stereocenters. The zero-order valence-electron chi connectivity index (χ0n) is 10.6. The van der Waals surface area contributed by atoms with Crippen LogP contribution in [0, 0.1) is 13.8 Å². The van der Waals surface area contributed by atoms with Crippen molar-refractivity contribution in [3.63, 3.8) is 0 Å². The lowest BCUT2D eigenvalue weighted by Crippen LogP contribution is -2.01. The Labute approximate surface area is 113 Å². The third-order valence-corrected chi connectivity index (χ3v) is 3.71. The van der Waals surface area contributed by atoms with Crippen molar-refractivity contribution in [3.8, 4) is 10.8 Å². The van der Waals surface area contributed by atoms with Gasteiger partial charge in [-0.05, 0) is 25.3 Å². The summed E-state index contributed by atoms with van der Waals surface area (Å²) in [7, 11) is 0. The summed E-state index contributed by atoms with van der Waals surface area (Å²) in [6, 6.07) is 4.32. The molecule has 0 aliphatic heterocycles. The SMILES string of the molecule is Cc1n[nH]c(C)c1CNc1nnc(-c2cccs2)o1. The molecule has 0 spiro atoms. The number of H-pyrrole nitrogens is 1. The molecule has 19 heavy (non-hydrogen) atoms. The molecule has 3 aromatic heterocycles. The molecule has 6 nitrogen and oxygen atoms in total. The minimum Gasteiger partial charge on any atom is -0.403 e. The van der Waals surface area contributed by atoms with Crippen LogP contribution in [-0.2, 0) is 6.54 Å². The molecule has 7 heteroatoms. The van der Waals surface area contributed by atoms with Crippen molar-refractivity contribution in [2.24, 2.45) is 0 Å². The zero-order valence-corrected chi connectivity index (χ0v) is 11.4. The summed E-state index contributed by atoms with van der Waals surface area (Å²) < 4.78 is 5.55. The fraction of sp³-hybridized carbons (Fsp3) is 0.250. The summed E-state index contributed by atoms with van der Waals surface area (Å²) >= 11 is 1.57. The Bertz CT molecular complexity index is 651. The minimum absolute atomic E-state index is 0.420. The van der Waals surface area contributed by atoms with Crippen molar-refractivity contribution in [3.05, 3.63) is 34.5 Å².